The van der Waals surface area contributed by atoms with Crippen molar-refractivity contribution in [3.05, 3.63) is 0 Å². The molecule has 3 N–H and O–H groups in total. The summed E-state index contributed by atoms with van der Waals surface area (Å²) in [5.74, 6) is -0.902. The molecule has 0 fully saturated rings. The number of carbonyl (C=O) groups is 3. The number of hydrogen-bond donors (Lipinski definition) is 3. The van der Waals surface area contributed by atoms with Crippen LogP contribution in [0.25, 0.3) is 0 Å². The van der Waals surface area contributed by atoms with Gasteiger partial charge in [0.25, 0.3) is 0 Å². The van der Waals surface area contributed by atoms with Crippen molar-refractivity contribution >= 4 is 17.9 Å². The van der Waals surface area contributed by atoms with E-state index in [1.807, 2.05) is 13.8 Å². The van der Waals surface area contributed by atoms with Gasteiger partial charge in [0.15, 0.2) is 0 Å². The van der Waals surface area contributed by atoms with Gasteiger partial charge in [-0.1, -0.05) is 6.42 Å². The topological polar surface area (TPSA) is 98.7 Å². The Morgan fingerprint density at radius 3 is 2.24 bits per heavy atom. The molecule has 0 aliphatic rings. The second-order valence-corrected chi connectivity index (χ2v) is 4.84. The molecule has 0 aliphatic carbocycles. The fourth-order valence-electron chi connectivity index (χ4n) is 1.90. The highest BCUT2D eigenvalue weighted by atomic mass is 16.4. The molecule has 0 aromatic heterocycles. The Morgan fingerprint density at radius 1 is 1.10 bits per heavy atom. The van der Waals surface area contributed by atoms with Crippen LogP contribution in [0.4, 0.5) is 4.79 Å². The first kappa shape index (κ1) is 19.2. The Kier molecular flexibility index (Phi) is 10.0. The zero-order valence-corrected chi connectivity index (χ0v) is 13.1. The number of carboxylic acids is 1. The number of amides is 3. The van der Waals surface area contributed by atoms with Crippen LogP contribution < -0.4 is 10.6 Å². The monoisotopic (exact) mass is 301 g/mol. The van der Waals surface area contributed by atoms with Gasteiger partial charge in [0.1, 0.15) is 6.04 Å². The van der Waals surface area contributed by atoms with Crippen molar-refractivity contribution in [3.8, 4) is 0 Å². The number of unbranched alkanes of at least 4 members (excludes halogenated alkanes) is 2. The number of hydrogen-bond acceptors (Lipinski definition) is 3. The summed E-state index contributed by atoms with van der Waals surface area (Å²) >= 11 is 0. The molecule has 7 heteroatoms. The lowest BCUT2D eigenvalue weighted by Crippen LogP contribution is -2.49. The van der Waals surface area contributed by atoms with Crippen molar-refractivity contribution in [1.29, 1.82) is 0 Å². The average molecular weight is 301 g/mol. The first-order chi connectivity index (χ1) is 9.92. The van der Waals surface area contributed by atoms with Gasteiger partial charge in [-0.05, 0) is 33.6 Å². The highest BCUT2D eigenvalue weighted by molar-refractivity contribution is 5.86. The fraction of sp³-hybridized carbons (Fsp3) is 0.786. The number of carbonyl (C=O) groups excluding carboxylic acids is 2. The highest BCUT2D eigenvalue weighted by Gasteiger charge is 2.19. The van der Waals surface area contributed by atoms with Crippen LogP contribution in [0.5, 0.6) is 0 Å². The predicted molar refractivity (Wildman–Crippen MR) is 80.0 cm³/mol. The summed E-state index contributed by atoms with van der Waals surface area (Å²) in [4.78, 5) is 35.5. The fourth-order valence-corrected chi connectivity index (χ4v) is 1.90. The maximum absolute atomic E-state index is 11.9. The van der Waals surface area contributed by atoms with Gasteiger partial charge in [-0.2, -0.15) is 0 Å². The summed E-state index contributed by atoms with van der Waals surface area (Å²) in [6, 6.07) is -0.932. The number of nitrogens with zero attached hydrogens (tertiary/aromatic N) is 1. The van der Waals surface area contributed by atoms with E-state index in [1.165, 1.54) is 0 Å². The number of nitrogens with one attached hydrogen (secondary N) is 2. The Balaban J connectivity index is 3.83. The zero-order valence-electron chi connectivity index (χ0n) is 13.1. The normalized spacial score (nSPS) is 11.6. The molecule has 0 radical (unpaired) electrons. The molecule has 0 heterocycles. The Bertz CT molecular complexity index is 343. The van der Waals surface area contributed by atoms with E-state index in [2.05, 4.69) is 10.6 Å². The van der Waals surface area contributed by atoms with Gasteiger partial charge in [0, 0.05) is 26.1 Å². The van der Waals surface area contributed by atoms with Crippen LogP contribution in [-0.2, 0) is 9.59 Å². The van der Waals surface area contributed by atoms with E-state index in [0.717, 1.165) is 12.8 Å². The third kappa shape index (κ3) is 8.88. The smallest absolute Gasteiger partial charge is 0.315 e. The average Bonchev–Trinajstić information content (AvgIpc) is 2.43. The van der Waals surface area contributed by atoms with Crippen molar-refractivity contribution in [3.63, 3.8) is 0 Å². The summed E-state index contributed by atoms with van der Waals surface area (Å²) in [6.07, 6.45) is 2.23. The largest absolute Gasteiger partial charge is 0.481 e. The van der Waals surface area contributed by atoms with E-state index < -0.39 is 12.0 Å². The van der Waals surface area contributed by atoms with Crippen LogP contribution >= 0.6 is 0 Å². The van der Waals surface area contributed by atoms with Crippen molar-refractivity contribution in [1.82, 2.24) is 15.5 Å². The van der Waals surface area contributed by atoms with Crippen LogP contribution in [0.15, 0.2) is 0 Å². The van der Waals surface area contributed by atoms with Crippen LogP contribution in [-0.4, -0.2) is 53.6 Å². The highest BCUT2D eigenvalue weighted by Crippen LogP contribution is 1.98. The van der Waals surface area contributed by atoms with Crippen molar-refractivity contribution < 1.29 is 19.5 Å². The van der Waals surface area contributed by atoms with Crippen molar-refractivity contribution in [2.45, 2.75) is 52.5 Å². The molecule has 0 saturated heterocycles. The number of rotatable bonds is 10. The maximum Gasteiger partial charge on any atom is 0.315 e. The molecule has 3 amide bonds. The van der Waals surface area contributed by atoms with E-state index in [0.29, 0.717) is 26.1 Å². The van der Waals surface area contributed by atoms with Crippen molar-refractivity contribution in [2.75, 3.05) is 19.6 Å². The van der Waals surface area contributed by atoms with Crippen molar-refractivity contribution in [2.24, 2.45) is 0 Å². The number of likely N-dealkylation sites (N-methyl/N-ethyl adjacent to an activating group) is 1. The third-order valence-corrected chi connectivity index (χ3v) is 3.15. The molecule has 0 aromatic rings. The molecule has 21 heavy (non-hydrogen) atoms. The molecular formula is C14H27N3O4. The lowest BCUT2D eigenvalue weighted by molar-refractivity contribution is -0.137. The van der Waals surface area contributed by atoms with E-state index in [4.69, 9.17) is 5.11 Å². The number of urea groups is 1. The molecule has 0 saturated carbocycles. The first-order valence-corrected chi connectivity index (χ1v) is 7.47. The molecule has 1 unspecified atom stereocenters. The SMILES string of the molecule is CCN(CC)C(=O)C(C)NC(=O)NCCCCCC(=O)O. The number of aliphatic carboxylic acids is 1. The lowest BCUT2D eigenvalue weighted by atomic mass is 10.2. The van der Waals surface area contributed by atoms with Gasteiger partial charge in [-0.3, -0.25) is 9.59 Å². The minimum Gasteiger partial charge on any atom is -0.481 e. The summed E-state index contributed by atoms with van der Waals surface area (Å²) < 4.78 is 0. The Hall–Kier alpha value is -1.79. The molecule has 0 aliphatic heterocycles. The van der Waals surface area contributed by atoms with Gasteiger partial charge >= 0.3 is 12.0 Å². The first-order valence-electron chi connectivity index (χ1n) is 7.47. The second kappa shape index (κ2) is 10.9. The van der Waals surface area contributed by atoms with Gasteiger partial charge in [-0.15, -0.1) is 0 Å². The second-order valence-electron chi connectivity index (χ2n) is 4.84. The van der Waals surface area contributed by atoms with Gasteiger partial charge in [0.05, 0.1) is 0 Å². The van der Waals surface area contributed by atoms with E-state index in [9.17, 15) is 14.4 Å². The van der Waals surface area contributed by atoms with E-state index in [-0.39, 0.29) is 18.4 Å². The lowest BCUT2D eigenvalue weighted by Gasteiger charge is -2.23. The molecule has 0 rings (SSSR count). The van der Waals surface area contributed by atoms with E-state index >= 15 is 0 Å². The quantitative estimate of drug-likeness (QED) is 0.528. The molecule has 1 atom stereocenters. The molecule has 7 nitrogen and oxygen atoms in total. The van der Waals surface area contributed by atoms with Crippen LogP contribution in [0.3, 0.4) is 0 Å². The van der Waals surface area contributed by atoms with Crippen LogP contribution in [0.2, 0.25) is 0 Å². The molecule has 0 bridgehead atoms. The van der Waals surface area contributed by atoms with E-state index in [1.54, 1.807) is 11.8 Å². The van der Waals surface area contributed by atoms with Gasteiger partial charge in [0.2, 0.25) is 5.91 Å². The molecule has 0 aromatic carbocycles. The standard InChI is InChI=1S/C14H27N3O4/c1-4-17(5-2)13(20)11(3)16-14(21)15-10-8-6-7-9-12(18)19/h11H,4-10H2,1-3H3,(H,18,19)(H2,15,16,21). The Morgan fingerprint density at radius 2 is 1.71 bits per heavy atom. The minimum absolute atomic E-state index is 0.100. The third-order valence-electron chi connectivity index (χ3n) is 3.15. The van der Waals surface area contributed by atoms with Crippen LogP contribution in [0.1, 0.15) is 46.5 Å². The van der Waals surface area contributed by atoms with Crippen LogP contribution in [0, 0.1) is 0 Å². The van der Waals surface area contributed by atoms with Gasteiger partial charge in [-0.25, -0.2) is 4.79 Å². The summed E-state index contributed by atoms with van der Waals surface area (Å²) in [5, 5.41) is 13.7. The Labute approximate surface area is 126 Å². The predicted octanol–water partition coefficient (Wildman–Crippen LogP) is 1.19. The summed E-state index contributed by atoms with van der Waals surface area (Å²) in [7, 11) is 0. The molecular weight excluding hydrogens is 274 g/mol. The summed E-state index contributed by atoms with van der Waals surface area (Å²) in [6.45, 7) is 7.15. The zero-order chi connectivity index (χ0) is 16.3. The molecule has 0 spiro atoms. The number of carboxylic acid groups (broad SMARTS) is 1. The maximum atomic E-state index is 11.9. The van der Waals surface area contributed by atoms with Gasteiger partial charge < -0.3 is 20.6 Å². The minimum atomic E-state index is -0.801. The molecule has 122 valence electrons. The summed E-state index contributed by atoms with van der Waals surface area (Å²) in [5.41, 5.74) is 0.